The van der Waals surface area contributed by atoms with Crippen molar-refractivity contribution in [1.29, 1.82) is 0 Å². The molecule has 1 unspecified atom stereocenters. The molecule has 31 heavy (non-hydrogen) atoms. The molecule has 0 radical (unpaired) electrons. The largest absolute Gasteiger partial charge is 0.463 e. The van der Waals surface area contributed by atoms with Crippen LogP contribution in [0.15, 0.2) is 12.2 Å². The fraction of sp³-hybridized carbons (Fsp3) is 0.852. The van der Waals surface area contributed by atoms with E-state index < -0.39 is 11.9 Å². The van der Waals surface area contributed by atoms with Gasteiger partial charge in [-0.25, -0.2) is 9.59 Å². The van der Waals surface area contributed by atoms with Crippen LogP contribution in [0.4, 0.5) is 0 Å². The van der Waals surface area contributed by atoms with Crippen molar-refractivity contribution in [2.75, 3.05) is 6.61 Å². The van der Waals surface area contributed by atoms with Crippen LogP contribution < -0.4 is 0 Å². The molecule has 1 atom stereocenters. The van der Waals surface area contributed by atoms with Gasteiger partial charge in [-0.1, -0.05) is 118 Å². The molecule has 0 saturated heterocycles. The molecule has 0 aromatic carbocycles. The van der Waals surface area contributed by atoms with Crippen LogP contribution >= 0.6 is 0 Å². The van der Waals surface area contributed by atoms with Gasteiger partial charge in [-0.15, -0.1) is 0 Å². The monoisotopic (exact) mass is 438 g/mol. The Balaban J connectivity index is 3.45. The summed E-state index contributed by atoms with van der Waals surface area (Å²) in [4.78, 5) is 23.4. The van der Waals surface area contributed by atoms with Gasteiger partial charge in [0.2, 0.25) is 0 Å². The van der Waals surface area contributed by atoms with Crippen molar-refractivity contribution in [3.63, 3.8) is 0 Å². The molecular formula is C27H50O4. The number of carbonyl (C=O) groups is 2. The normalized spacial score (nSPS) is 12.8. The van der Waals surface area contributed by atoms with Crippen LogP contribution in [0.3, 0.4) is 0 Å². The number of esters is 2. The lowest BCUT2D eigenvalue weighted by atomic mass is 9.90. The topological polar surface area (TPSA) is 52.6 Å². The molecule has 0 spiro atoms. The number of ether oxygens (including phenoxy) is 2. The minimum atomic E-state index is -0.508. The molecule has 0 aromatic heterocycles. The van der Waals surface area contributed by atoms with Crippen LogP contribution in [-0.2, 0) is 19.1 Å². The van der Waals surface area contributed by atoms with Gasteiger partial charge in [-0.3, -0.25) is 0 Å². The highest BCUT2D eigenvalue weighted by atomic mass is 16.5. The second-order valence-corrected chi connectivity index (χ2v) is 9.90. The summed E-state index contributed by atoms with van der Waals surface area (Å²) in [6.07, 6.45) is 21.7. The first-order valence-electron chi connectivity index (χ1n) is 12.8. The molecule has 0 aliphatic carbocycles. The third-order valence-electron chi connectivity index (χ3n) is 5.86. The van der Waals surface area contributed by atoms with E-state index in [-0.39, 0.29) is 11.5 Å². The Labute approximate surface area is 192 Å². The number of hydrogen-bond donors (Lipinski definition) is 0. The van der Waals surface area contributed by atoms with E-state index in [9.17, 15) is 9.59 Å². The minimum Gasteiger partial charge on any atom is -0.463 e. The lowest BCUT2D eigenvalue weighted by Gasteiger charge is -2.26. The smallest absolute Gasteiger partial charge is 0.331 e. The maximum atomic E-state index is 11.7. The second-order valence-electron chi connectivity index (χ2n) is 9.90. The van der Waals surface area contributed by atoms with Gasteiger partial charge in [-0.2, -0.15) is 0 Å². The average molecular weight is 439 g/mol. The Morgan fingerprint density at radius 1 is 0.677 bits per heavy atom. The van der Waals surface area contributed by atoms with Crippen LogP contribution in [0.2, 0.25) is 0 Å². The lowest BCUT2D eigenvalue weighted by Crippen LogP contribution is -2.28. The predicted molar refractivity (Wildman–Crippen MR) is 130 cm³/mol. The van der Waals surface area contributed by atoms with Crippen LogP contribution in [0.25, 0.3) is 0 Å². The van der Waals surface area contributed by atoms with Crippen LogP contribution in [-0.4, -0.2) is 24.6 Å². The first kappa shape index (κ1) is 29.7. The van der Waals surface area contributed by atoms with Crippen molar-refractivity contribution >= 4 is 11.9 Å². The van der Waals surface area contributed by atoms with Crippen molar-refractivity contribution in [1.82, 2.24) is 0 Å². The van der Waals surface area contributed by atoms with Crippen LogP contribution in [0.1, 0.15) is 131 Å². The summed E-state index contributed by atoms with van der Waals surface area (Å²) in [5.74, 6) is -0.989. The molecule has 4 heteroatoms. The third kappa shape index (κ3) is 20.3. The first-order chi connectivity index (χ1) is 14.8. The molecule has 0 bridgehead atoms. The Morgan fingerprint density at radius 3 is 1.48 bits per heavy atom. The Hall–Kier alpha value is -1.32. The zero-order chi connectivity index (χ0) is 23.4. The maximum Gasteiger partial charge on any atom is 0.331 e. The van der Waals surface area contributed by atoms with E-state index in [1.807, 2.05) is 27.7 Å². The van der Waals surface area contributed by atoms with Gasteiger partial charge in [0.05, 0.1) is 6.61 Å². The molecule has 182 valence electrons. The molecule has 0 aromatic rings. The summed E-state index contributed by atoms with van der Waals surface area (Å²) in [6, 6.07) is 0. The van der Waals surface area contributed by atoms with E-state index in [1.54, 1.807) is 0 Å². The summed E-state index contributed by atoms with van der Waals surface area (Å²) in [5.41, 5.74) is -0.127. The molecule has 0 fully saturated rings. The highest BCUT2D eigenvalue weighted by molar-refractivity contribution is 5.91. The van der Waals surface area contributed by atoms with E-state index in [4.69, 9.17) is 9.47 Å². The predicted octanol–water partition coefficient (Wildman–Crippen LogP) is 7.94. The van der Waals surface area contributed by atoms with E-state index in [0.717, 1.165) is 25.0 Å². The van der Waals surface area contributed by atoms with Crippen molar-refractivity contribution < 1.29 is 19.1 Å². The molecule has 0 N–H and O–H groups in total. The maximum absolute atomic E-state index is 11.7. The summed E-state index contributed by atoms with van der Waals surface area (Å²) < 4.78 is 10.4. The molecule has 0 heterocycles. The first-order valence-corrected chi connectivity index (χ1v) is 12.8. The quantitative estimate of drug-likeness (QED) is 0.117. The molecule has 0 aliphatic rings. The van der Waals surface area contributed by atoms with Crippen LogP contribution in [0, 0.1) is 5.41 Å². The second kappa shape index (κ2) is 19.4. The van der Waals surface area contributed by atoms with Gasteiger partial charge >= 0.3 is 11.9 Å². The fourth-order valence-corrected chi connectivity index (χ4v) is 3.22. The van der Waals surface area contributed by atoms with E-state index in [0.29, 0.717) is 6.61 Å². The molecule has 0 amide bonds. The summed E-state index contributed by atoms with van der Waals surface area (Å²) in [6.45, 7) is 10.5. The van der Waals surface area contributed by atoms with Gasteiger partial charge in [0.15, 0.2) is 0 Å². The lowest BCUT2D eigenvalue weighted by molar-refractivity contribution is -0.147. The Morgan fingerprint density at radius 2 is 1.06 bits per heavy atom. The van der Waals surface area contributed by atoms with Crippen LogP contribution in [0.5, 0.6) is 0 Å². The highest BCUT2D eigenvalue weighted by Crippen LogP contribution is 2.21. The van der Waals surface area contributed by atoms with Crippen molar-refractivity contribution in [2.24, 2.45) is 5.41 Å². The summed E-state index contributed by atoms with van der Waals surface area (Å²) >= 11 is 0. The van der Waals surface area contributed by atoms with Gasteiger partial charge < -0.3 is 9.47 Å². The minimum absolute atomic E-state index is 0.127. The van der Waals surface area contributed by atoms with Gasteiger partial charge in [0.25, 0.3) is 0 Å². The third-order valence-corrected chi connectivity index (χ3v) is 5.86. The van der Waals surface area contributed by atoms with Gasteiger partial charge in [0.1, 0.15) is 6.10 Å². The Bertz CT molecular complexity index is 476. The van der Waals surface area contributed by atoms with E-state index in [1.165, 1.54) is 83.5 Å². The van der Waals surface area contributed by atoms with Crippen molar-refractivity contribution in [3.8, 4) is 0 Å². The van der Waals surface area contributed by atoms with Crippen molar-refractivity contribution in [2.45, 2.75) is 137 Å². The number of unbranched alkanes of at least 4 members (excludes halogenated alkanes) is 14. The van der Waals surface area contributed by atoms with Crippen molar-refractivity contribution in [3.05, 3.63) is 12.2 Å². The fourth-order valence-electron chi connectivity index (χ4n) is 3.22. The SMILES string of the molecule is CCCCCCCCCCCCCCCCCOC(=O)/C=C/C(=O)OC(C)C(C)(C)C. The van der Waals surface area contributed by atoms with E-state index in [2.05, 4.69) is 6.92 Å². The summed E-state index contributed by atoms with van der Waals surface area (Å²) in [5, 5.41) is 0. The van der Waals surface area contributed by atoms with E-state index >= 15 is 0 Å². The zero-order valence-electron chi connectivity index (χ0n) is 21.2. The molecule has 4 nitrogen and oxygen atoms in total. The zero-order valence-corrected chi connectivity index (χ0v) is 21.2. The molecule has 0 rings (SSSR count). The number of carbonyl (C=O) groups excluding carboxylic acids is 2. The van der Waals surface area contributed by atoms with Gasteiger partial charge in [0, 0.05) is 12.2 Å². The Kier molecular flexibility index (Phi) is 18.5. The molecule has 0 aliphatic heterocycles. The van der Waals surface area contributed by atoms with Gasteiger partial charge in [-0.05, 0) is 18.8 Å². The number of rotatable bonds is 19. The standard InChI is InChI=1S/C27H50O4/c1-6-7-8-9-10-11-12-13-14-15-16-17-18-19-20-23-30-25(28)21-22-26(29)31-24(2)27(3,4)5/h21-22,24H,6-20,23H2,1-5H3/b22-21+. The summed E-state index contributed by atoms with van der Waals surface area (Å²) in [7, 11) is 0. The highest BCUT2D eigenvalue weighted by Gasteiger charge is 2.22. The molecule has 0 saturated carbocycles. The average Bonchev–Trinajstić information content (AvgIpc) is 2.71. The number of hydrogen-bond acceptors (Lipinski definition) is 4. The molecular weight excluding hydrogens is 388 g/mol.